The van der Waals surface area contributed by atoms with E-state index >= 15 is 0 Å². The third-order valence-corrected chi connectivity index (χ3v) is 0.975. The molecule has 0 aromatic rings. The second kappa shape index (κ2) is 2.77. The number of hydrogen-bond acceptors (Lipinski definition) is 2. The zero-order valence-corrected chi connectivity index (χ0v) is 5.85. The van der Waals surface area contributed by atoms with Crippen molar-refractivity contribution >= 4 is 11.8 Å². The smallest absolute Gasteiger partial charge is 0.311 e. The van der Waals surface area contributed by atoms with Crippen LogP contribution in [0.25, 0.3) is 0 Å². The molecule has 0 aromatic heterocycles. The van der Waals surface area contributed by atoms with Crippen molar-refractivity contribution in [3.63, 3.8) is 0 Å². The third-order valence-electron chi connectivity index (χ3n) is 0.975. The second-order valence-corrected chi connectivity index (χ2v) is 2.47. The molecule has 0 rings (SSSR count). The fourth-order valence-electron chi connectivity index (χ4n) is 0.348. The third kappa shape index (κ3) is 3.17. The molecule has 0 amide bonds. The summed E-state index contributed by atoms with van der Waals surface area (Å²) in [7, 11) is 0. The van der Waals surface area contributed by atoms with E-state index in [4.69, 9.17) is 5.11 Å². The van der Waals surface area contributed by atoms with Gasteiger partial charge in [-0.2, -0.15) is 0 Å². The number of Topliss-reactive ketones (excluding diaryl/α,β-unsaturated/α-hetero) is 1. The Hall–Kier alpha value is -0.930. The van der Waals surface area contributed by atoms with Crippen LogP contribution in [-0.4, -0.2) is 22.5 Å². The van der Waals surface area contributed by atoms with Gasteiger partial charge in [-0.25, -0.2) is 4.39 Å². The van der Waals surface area contributed by atoms with E-state index in [1.165, 1.54) is 0 Å². The topological polar surface area (TPSA) is 54.4 Å². The molecule has 10 heavy (non-hydrogen) atoms. The molecule has 0 unspecified atom stereocenters. The first-order chi connectivity index (χ1) is 4.34. The summed E-state index contributed by atoms with van der Waals surface area (Å²) in [5.41, 5.74) is -2.03. The van der Waals surface area contributed by atoms with Crippen LogP contribution in [0.5, 0.6) is 0 Å². The van der Waals surface area contributed by atoms with Crippen LogP contribution in [-0.2, 0) is 9.59 Å². The van der Waals surface area contributed by atoms with Crippen LogP contribution < -0.4 is 0 Å². The highest BCUT2D eigenvalue weighted by Crippen LogP contribution is 2.11. The molecular weight excluding hydrogens is 139 g/mol. The molecule has 0 aromatic carbocycles. The van der Waals surface area contributed by atoms with Crippen LogP contribution in [0.3, 0.4) is 0 Å². The summed E-state index contributed by atoms with van der Waals surface area (Å²) in [6.07, 6.45) is -0.747. The van der Waals surface area contributed by atoms with Crippen molar-refractivity contribution in [2.24, 2.45) is 0 Å². The van der Waals surface area contributed by atoms with Crippen LogP contribution in [0.1, 0.15) is 20.3 Å². The lowest BCUT2D eigenvalue weighted by molar-refractivity contribution is -0.143. The monoisotopic (exact) mass is 148 g/mol. The van der Waals surface area contributed by atoms with Crippen LogP contribution in [0.15, 0.2) is 0 Å². The zero-order chi connectivity index (χ0) is 8.36. The van der Waals surface area contributed by atoms with E-state index < -0.39 is 23.8 Å². The average Bonchev–Trinajstić information content (AvgIpc) is 1.60. The Bertz CT molecular complexity index is 157. The first kappa shape index (κ1) is 9.07. The van der Waals surface area contributed by atoms with Gasteiger partial charge in [0.1, 0.15) is 6.42 Å². The van der Waals surface area contributed by atoms with Crippen molar-refractivity contribution in [2.75, 3.05) is 0 Å². The van der Waals surface area contributed by atoms with Gasteiger partial charge in [0.05, 0.1) is 0 Å². The molecule has 0 spiro atoms. The van der Waals surface area contributed by atoms with E-state index in [9.17, 15) is 14.0 Å². The van der Waals surface area contributed by atoms with Crippen molar-refractivity contribution < 1.29 is 19.1 Å². The number of halogens is 1. The van der Waals surface area contributed by atoms with Crippen LogP contribution >= 0.6 is 0 Å². The van der Waals surface area contributed by atoms with Crippen molar-refractivity contribution in [3.05, 3.63) is 0 Å². The molecule has 0 aliphatic rings. The largest absolute Gasteiger partial charge is 0.481 e. The summed E-state index contributed by atoms with van der Waals surface area (Å²) in [5.74, 6) is -2.20. The first-order valence-corrected chi connectivity index (χ1v) is 2.78. The highest BCUT2D eigenvalue weighted by Gasteiger charge is 2.27. The fourth-order valence-corrected chi connectivity index (χ4v) is 0.348. The number of carbonyl (C=O) groups is 2. The number of carboxylic acid groups (broad SMARTS) is 1. The maximum Gasteiger partial charge on any atom is 0.311 e. The van der Waals surface area contributed by atoms with Gasteiger partial charge in [-0.3, -0.25) is 9.59 Å². The van der Waals surface area contributed by atoms with Gasteiger partial charge in [-0.05, 0) is 13.8 Å². The molecule has 3 nitrogen and oxygen atoms in total. The molecule has 0 atom stereocenters. The average molecular weight is 148 g/mol. The Kier molecular flexibility index (Phi) is 2.51. The van der Waals surface area contributed by atoms with Gasteiger partial charge >= 0.3 is 5.97 Å². The Morgan fingerprint density at radius 3 is 2.00 bits per heavy atom. The summed E-state index contributed by atoms with van der Waals surface area (Å²) < 4.78 is 12.5. The molecule has 0 aliphatic heterocycles. The molecule has 0 aliphatic carbocycles. The van der Waals surface area contributed by atoms with E-state index in [0.29, 0.717) is 0 Å². The summed E-state index contributed by atoms with van der Waals surface area (Å²) in [6.45, 7) is 2.08. The number of carbonyl (C=O) groups excluding carboxylic acids is 1. The van der Waals surface area contributed by atoms with Crippen molar-refractivity contribution in [3.8, 4) is 0 Å². The number of hydrogen-bond donors (Lipinski definition) is 1. The minimum Gasteiger partial charge on any atom is -0.481 e. The quantitative estimate of drug-likeness (QED) is 0.601. The van der Waals surface area contributed by atoms with Gasteiger partial charge in [0, 0.05) is 0 Å². The summed E-state index contributed by atoms with van der Waals surface area (Å²) in [4.78, 5) is 20.4. The second-order valence-electron chi connectivity index (χ2n) is 2.47. The highest BCUT2D eigenvalue weighted by atomic mass is 19.1. The predicted molar refractivity (Wildman–Crippen MR) is 32.4 cm³/mol. The zero-order valence-electron chi connectivity index (χ0n) is 5.85. The molecule has 58 valence electrons. The fraction of sp³-hybridized carbons (Fsp3) is 0.667. The Morgan fingerprint density at radius 2 is 1.90 bits per heavy atom. The number of ketones is 1. The molecule has 0 radical (unpaired) electrons. The maximum absolute atomic E-state index is 12.5. The van der Waals surface area contributed by atoms with Crippen molar-refractivity contribution in [1.29, 1.82) is 0 Å². The standard InChI is InChI=1S/C6H9FO3/c1-6(2,7)4(8)3-5(9)10/h3H2,1-2H3,(H,9,10). The Labute approximate surface area is 57.8 Å². The van der Waals surface area contributed by atoms with Gasteiger partial charge in [0.15, 0.2) is 11.5 Å². The van der Waals surface area contributed by atoms with Crippen molar-refractivity contribution in [1.82, 2.24) is 0 Å². The SMILES string of the molecule is CC(C)(F)C(=O)CC(=O)O. The molecule has 0 saturated heterocycles. The molecule has 4 heteroatoms. The van der Waals surface area contributed by atoms with E-state index in [-0.39, 0.29) is 0 Å². The lowest BCUT2D eigenvalue weighted by atomic mass is 10.0. The van der Waals surface area contributed by atoms with Crippen molar-refractivity contribution in [2.45, 2.75) is 25.9 Å². The highest BCUT2D eigenvalue weighted by molar-refractivity contribution is 5.99. The minimum absolute atomic E-state index is 0.747. The lowest BCUT2D eigenvalue weighted by Crippen LogP contribution is -2.27. The van der Waals surface area contributed by atoms with E-state index in [2.05, 4.69) is 0 Å². The van der Waals surface area contributed by atoms with Gasteiger partial charge in [0.25, 0.3) is 0 Å². The van der Waals surface area contributed by atoms with Gasteiger partial charge in [0.2, 0.25) is 0 Å². The van der Waals surface area contributed by atoms with Gasteiger partial charge < -0.3 is 5.11 Å². The summed E-state index contributed by atoms with van der Waals surface area (Å²) in [6, 6.07) is 0. The van der Waals surface area contributed by atoms with E-state index in [0.717, 1.165) is 13.8 Å². The molecule has 0 fully saturated rings. The lowest BCUT2D eigenvalue weighted by Gasteiger charge is -2.09. The maximum atomic E-state index is 12.5. The van der Waals surface area contributed by atoms with Crippen LogP contribution in [0, 0.1) is 0 Å². The number of rotatable bonds is 3. The van der Waals surface area contributed by atoms with Gasteiger partial charge in [-0.1, -0.05) is 0 Å². The molecule has 0 bridgehead atoms. The summed E-state index contributed by atoms with van der Waals surface area (Å²) in [5, 5.41) is 8.06. The number of aliphatic carboxylic acids is 1. The van der Waals surface area contributed by atoms with Crippen LogP contribution in [0.2, 0.25) is 0 Å². The first-order valence-electron chi connectivity index (χ1n) is 2.78. The number of carboxylic acids is 1. The minimum atomic E-state index is -2.03. The van der Waals surface area contributed by atoms with E-state index in [1.807, 2.05) is 0 Å². The van der Waals surface area contributed by atoms with Gasteiger partial charge in [-0.15, -0.1) is 0 Å². The van der Waals surface area contributed by atoms with Crippen LogP contribution in [0.4, 0.5) is 4.39 Å². The molecule has 0 saturated carbocycles. The normalized spacial score (nSPS) is 11.1. The predicted octanol–water partition coefficient (Wildman–Crippen LogP) is 0.778. The summed E-state index contributed by atoms with van der Waals surface area (Å²) >= 11 is 0. The number of alkyl halides is 1. The Balaban J connectivity index is 3.99. The Morgan fingerprint density at radius 1 is 1.50 bits per heavy atom. The molecule has 1 N–H and O–H groups in total. The molecule has 0 heterocycles. The molecular formula is C6H9FO3. The van der Waals surface area contributed by atoms with E-state index in [1.54, 1.807) is 0 Å².